The molecule has 0 heterocycles. The Morgan fingerprint density at radius 1 is 1.56 bits per heavy atom. The van der Waals surface area contributed by atoms with Crippen molar-refractivity contribution in [3.05, 3.63) is 11.6 Å². The molecule has 0 bridgehead atoms. The lowest BCUT2D eigenvalue weighted by molar-refractivity contribution is 0.451. The third-order valence-electron chi connectivity index (χ3n) is 1.05. The molecule has 0 saturated heterocycles. The number of rotatable bonds is 3. The topological polar surface area (TPSA) is 27.1 Å². The summed E-state index contributed by atoms with van der Waals surface area (Å²) in [6, 6.07) is 0. The van der Waals surface area contributed by atoms with Crippen LogP contribution in [0.15, 0.2) is 11.6 Å². The molecule has 2 heteroatoms. The molecule has 0 aromatic carbocycles. The number of hydrogen-bond acceptors (Lipinski definition) is 2. The Labute approximate surface area is 56.7 Å². The average molecular weight is 126 g/mol. The molecule has 0 aromatic heterocycles. The van der Waals surface area contributed by atoms with Gasteiger partial charge >= 0.3 is 0 Å². The van der Waals surface area contributed by atoms with Crippen LogP contribution in [0, 0.1) is 5.41 Å². The lowest BCUT2D eigenvalue weighted by Crippen LogP contribution is -2.15. The first kappa shape index (κ1) is 8.37. The third-order valence-corrected chi connectivity index (χ3v) is 1.05. The van der Waals surface area contributed by atoms with E-state index < -0.39 is 0 Å². The molecule has 0 rings (SSSR count). The Hall–Kier alpha value is -0.630. The molecule has 0 aliphatic rings. The van der Waals surface area contributed by atoms with Gasteiger partial charge in [-0.15, -0.1) is 0 Å². The zero-order valence-corrected chi connectivity index (χ0v) is 6.31. The summed E-state index contributed by atoms with van der Waals surface area (Å²) in [5.41, 5.74) is 1.06. The van der Waals surface area contributed by atoms with Crippen LogP contribution in [0.5, 0.6) is 0 Å². The molecule has 0 radical (unpaired) electrons. The summed E-state index contributed by atoms with van der Waals surface area (Å²) in [5, 5.41) is 6.93. The monoisotopic (exact) mass is 126 g/mol. The van der Waals surface area contributed by atoms with Crippen LogP contribution in [0.4, 0.5) is 0 Å². The first-order valence-electron chi connectivity index (χ1n) is 3.01. The second-order valence-corrected chi connectivity index (χ2v) is 2.25. The fourth-order valence-corrected chi connectivity index (χ4v) is 0.585. The van der Waals surface area contributed by atoms with E-state index in [4.69, 9.17) is 5.41 Å². The molecule has 0 unspecified atom stereocenters. The van der Waals surface area contributed by atoms with Crippen molar-refractivity contribution in [3.8, 4) is 0 Å². The van der Waals surface area contributed by atoms with E-state index in [2.05, 4.69) is 0 Å². The Kier molecular flexibility index (Phi) is 3.97. The second-order valence-electron chi connectivity index (χ2n) is 2.25. The average Bonchev–Trinajstić information content (AvgIpc) is 1.82. The second kappa shape index (κ2) is 4.27. The summed E-state index contributed by atoms with van der Waals surface area (Å²) in [4.78, 5) is 2.04. The molecule has 0 saturated carbocycles. The highest BCUT2D eigenvalue weighted by molar-refractivity contribution is 5.75. The van der Waals surface area contributed by atoms with E-state index in [0.29, 0.717) is 0 Å². The molecule has 2 nitrogen and oxygen atoms in total. The maximum Gasteiger partial charge on any atom is 0.0239 e. The van der Waals surface area contributed by atoms with Crippen LogP contribution in [-0.2, 0) is 0 Å². The van der Waals surface area contributed by atoms with Gasteiger partial charge in [0.25, 0.3) is 0 Å². The smallest absolute Gasteiger partial charge is 0.0239 e. The van der Waals surface area contributed by atoms with Crippen LogP contribution >= 0.6 is 0 Å². The molecule has 0 atom stereocenters. The van der Waals surface area contributed by atoms with E-state index in [1.165, 1.54) is 6.21 Å². The van der Waals surface area contributed by atoms with Crippen molar-refractivity contribution in [2.75, 3.05) is 20.6 Å². The Morgan fingerprint density at radius 2 is 2.11 bits per heavy atom. The van der Waals surface area contributed by atoms with Crippen molar-refractivity contribution in [3.63, 3.8) is 0 Å². The number of likely N-dealkylation sites (N-methyl/N-ethyl adjacent to an activating group) is 1. The van der Waals surface area contributed by atoms with E-state index in [0.717, 1.165) is 12.1 Å². The van der Waals surface area contributed by atoms with Gasteiger partial charge < -0.3 is 10.3 Å². The first-order chi connectivity index (χ1) is 4.20. The quantitative estimate of drug-likeness (QED) is 0.564. The summed E-state index contributed by atoms with van der Waals surface area (Å²) >= 11 is 0. The number of hydrogen-bond donors (Lipinski definition) is 1. The Bertz CT molecular complexity index is 114. The minimum atomic E-state index is 0.861. The lowest BCUT2D eigenvalue weighted by Gasteiger charge is -2.08. The van der Waals surface area contributed by atoms with Gasteiger partial charge in [0.1, 0.15) is 0 Å². The summed E-state index contributed by atoms with van der Waals surface area (Å²) in [7, 11) is 3.99. The van der Waals surface area contributed by atoms with Gasteiger partial charge in [0.15, 0.2) is 0 Å². The number of allylic oxidation sites excluding steroid dienone is 1. The highest BCUT2D eigenvalue weighted by atomic mass is 15.0. The van der Waals surface area contributed by atoms with Gasteiger partial charge in [-0.25, -0.2) is 0 Å². The maximum atomic E-state index is 6.93. The van der Waals surface area contributed by atoms with Crippen LogP contribution < -0.4 is 0 Å². The van der Waals surface area contributed by atoms with Crippen molar-refractivity contribution in [1.29, 1.82) is 5.41 Å². The van der Waals surface area contributed by atoms with Gasteiger partial charge in [0.05, 0.1) is 0 Å². The molecule has 1 N–H and O–H groups in total. The molecular formula is C7H14N2. The molecule has 0 fully saturated rings. The van der Waals surface area contributed by atoms with Crippen LogP contribution in [0.25, 0.3) is 0 Å². The molecule has 0 aliphatic heterocycles. The minimum absolute atomic E-state index is 0.861. The normalized spacial score (nSPS) is 12.2. The molecule has 9 heavy (non-hydrogen) atoms. The van der Waals surface area contributed by atoms with Crippen LogP contribution in [-0.4, -0.2) is 31.8 Å². The van der Waals surface area contributed by atoms with E-state index in [1.807, 2.05) is 32.0 Å². The molecule has 52 valence electrons. The maximum absolute atomic E-state index is 6.93. The standard InChI is InChI=1S/C7H14N2/c1-4-7(5-8)6-9(2)3/h4-5,8H,6H2,1-3H3/b7-4+,8-5?. The van der Waals surface area contributed by atoms with Crippen LogP contribution in [0.2, 0.25) is 0 Å². The van der Waals surface area contributed by atoms with E-state index in [-0.39, 0.29) is 0 Å². The SMILES string of the molecule is C/C=C(\C=N)CN(C)C. The predicted molar refractivity (Wildman–Crippen MR) is 41.1 cm³/mol. The van der Waals surface area contributed by atoms with Crippen molar-refractivity contribution in [2.24, 2.45) is 0 Å². The molecular weight excluding hydrogens is 112 g/mol. The van der Waals surface area contributed by atoms with Gasteiger partial charge in [-0.2, -0.15) is 0 Å². The van der Waals surface area contributed by atoms with E-state index >= 15 is 0 Å². The van der Waals surface area contributed by atoms with E-state index in [9.17, 15) is 0 Å². The largest absolute Gasteiger partial charge is 0.308 e. The van der Waals surface area contributed by atoms with Crippen molar-refractivity contribution >= 4 is 6.21 Å². The highest BCUT2D eigenvalue weighted by Crippen LogP contribution is 1.89. The molecule has 0 spiro atoms. The van der Waals surface area contributed by atoms with Crippen LogP contribution in [0.3, 0.4) is 0 Å². The van der Waals surface area contributed by atoms with Gasteiger partial charge in [-0.1, -0.05) is 6.08 Å². The lowest BCUT2D eigenvalue weighted by atomic mass is 10.3. The molecule has 0 aromatic rings. The third kappa shape index (κ3) is 3.91. The fourth-order valence-electron chi connectivity index (χ4n) is 0.585. The summed E-state index contributed by atoms with van der Waals surface area (Å²) in [6.45, 7) is 2.81. The number of nitrogens with zero attached hydrogens (tertiary/aromatic N) is 1. The summed E-state index contributed by atoms with van der Waals surface area (Å²) in [5.74, 6) is 0. The zero-order chi connectivity index (χ0) is 7.28. The number of nitrogens with one attached hydrogen (secondary N) is 1. The fraction of sp³-hybridized carbons (Fsp3) is 0.571. The van der Waals surface area contributed by atoms with Crippen molar-refractivity contribution in [1.82, 2.24) is 4.90 Å². The Morgan fingerprint density at radius 3 is 2.22 bits per heavy atom. The van der Waals surface area contributed by atoms with Crippen molar-refractivity contribution < 1.29 is 0 Å². The van der Waals surface area contributed by atoms with E-state index in [1.54, 1.807) is 0 Å². The predicted octanol–water partition coefficient (Wildman–Crippen LogP) is 1.14. The summed E-state index contributed by atoms with van der Waals surface area (Å²) in [6.07, 6.45) is 3.34. The van der Waals surface area contributed by atoms with Gasteiger partial charge in [-0.05, 0) is 26.6 Å². The van der Waals surface area contributed by atoms with Crippen molar-refractivity contribution in [2.45, 2.75) is 6.92 Å². The highest BCUT2D eigenvalue weighted by Gasteiger charge is 1.91. The summed E-state index contributed by atoms with van der Waals surface area (Å²) < 4.78 is 0. The molecule has 0 amide bonds. The van der Waals surface area contributed by atoms with Gasteiger partial charge in [0, 0.05) is 12.8 Å². The van der Waals surface area contributed by atoms with Gasteiger partial charge in [-0.3, -0.25) is 0 Å². The zero-order valence-electron chi connectivity index (χ0n) is 6.31. The molecule has 0 aliphatic carbocycles. The minimum Gasteiger partial charge on any atom is -0.308 e. The van der Waals surface area contributed by atoms with Gasteiger partial charge in [0.2, 0.25) is 0 Å². The first-order valence-corrected chi connectivity index (χ1v) is 3.01. The van der Waals surface area contributed by atoms with Crippen LogP contribution in [0.1, 0.15) is 6.92 Å². The Balaban J connectivity index is 3.71.